The van der Waals surface area contributed by atoms with Crippen LogP contribution in [0, 0.1) is 0 Å². The zero-order valence-corrected chi connectivity index (χ0v) is 17.6. The van der Waals surface area contributed by atoms with Crippen LogP contribution in [0.2, 0.25) is 0 Å². The lowest BCUT2D eigenvalue weighted by Crippen LogP contribution is -2.35. The summed E-state index contributed by atoms with van der Waals surface area (Å²) in [5, 5.41) is 2.56. The third kappa shape index (κ3) is 10.6. The Morgan fingerprint density at radius 1 is 1.07 bits per heavy atom. The van der Waals surface area contributed by atoms with Crippen LogP contribution < -0.4 is 16.8 Å². The van der Waals surface area contributed by atoms with E-state index in [9.17, 15) is 9.59 Å². The van der Waals surface area contributed by atoms with Gasteiger partial charge in [0.25, 0.3) is 0 Å². The smallest absolute Gasteiger partial charge is 0.410 e. The molecule has 2 amide bonds. The van der Waals surface area contributed by atoms with E-state index in [1.807, 2.05) is 69.3 Å². The predicted molar refractivity (Wildman–Crippen MR) is 117 cm³/mol. The molecule has 7 heteroatoms. The number of nitrogen functional groups attached to an aromatic ring is 2. The van der Waals surface area contributed by atoms with E-state index in [-0.39, 0.29) is 6.09 Å². The van der Waals surface area contributed by atoms with E-state index >= 15 is 0 Å². The van der Waals surface area contributed by atoms with Gasteiger partial charge in [-0.05, 0) is 62.6 Å². The van der Waals surface area contributed by atoms with Crippen molar-refractivity contribution < 1.29 is 14.3 Å². The van der Waals surface area contributed by atoms with Gasteiger partial charge in [0.05, 0.1) is 0 Å². The summed E-state index contributed by atoms with van der Waals surface area (Å²) in [5.41, 5.74) is 14.3. The highest BCUT2D eigenvalue weighted by molar-refractivity contribution is 5.67. The minimum absolute atomic E-state index is 0.300. The van der Waals surface area contributed by atoms with Crippen LogP contribution in [0.1, 0.15) is 31.9 Å². The number of carbonyl (C=O) groups is 2. The van der Waals surface area contributed by atoms with Gasteiger partial charge in [0.2, 0.25) is 6.41 Å². The second kappa shape index (κ2) is 11.6. The summed E-state index contributed by atoms with van der Waals surface area (Å²) in [4.78, 5) is 23.2. The average molecular weight is 401 g/mol. The van der Waals surface area contributed by atoms with Crippen molar-refractivity contribution in [3.63, 3.8) is 0 Å². The number of benzene rings is 2. The molecule has 0 aliphatic carbocycles. The molecule has 0 atom stereocenters. The first-order valence-electron chi connectivity index (χ1n) is 9.40. The van der Waals surface area contributed by atoms with Crippen molar-refractivity contribution in [1.29, 1.82) is 0 Å². The molecule has 29 heavy (non-hydrogen) atoms. The highest BCUT2D eigenvalue weighted by Crippen LogP contribution is 2.11. The molecule has 0 radical (unpaired) electrons. The maximum Gasteiger partial charge on any atom is 0.410 e. The van der Waals surface area contributed by atoms with Crippen molar-refractivity contribution in [2.45, 2.75) is 39.3 Å². The maximum atomic E-state index is 11.7. The van der Waals surface area contributed by atoms with Crippen LogP contribution >= 0.6 is 0 Å². The lowest BCUT2D eigenvalue weighted by molar-refractivity contribution is -0.109. The van der Waals surface area contributed by atoms with Gasteiger partial charge in [0.1, 0.15) is 5.60 Å². The molecule has 0 saturated carbocycles. The summed E-state index contributed by atoms with van der Waals surface area (Å²) in [6, 6.07) is 15.1. The SMILES string of the molecule is CN(CCc1cccc(N)c1)C(=O)OC(C)(C)C.Nc1cccc(CNC=O)c1. The maximum absolute atomic E-state index is 11.7. The van der Waals surface area contributed by atoms with Crippen LogP contribution in [0.15, 0.2) is 48.5 Å². The molecule has 0 saturated heterocycles. The Bertz CT molecular complexity index is 788. The first kappa shape index (κ1) is 23.8. The number of amides is 2. The fraction of sp³-hybridized carbons (Fsp3) is 0.364. The van der Waals surface area contributed by atoms with E-state index in [1.165, 1.54) is 0 Å². The highest BCUT2D eigenvalue weighted by Gasteiger charge is 2.19. The molecule has 0 heterocycles. The van der Waals surface area contributed by atoms with Crippen molar-refractivity contribution in [3.8, 4) is 0 Å². The number of hydrogen-bond acceptors (Lipinski definition) is 5. The first-order chi connectivity index (χ1) is 13.6. The molecule has 2 aromatic carbocycles. The van der Waals surface area contributed by atoms with Gasteiger partial charge in [0, 0.05) is 31.5 Å². The van der Waals surface area contributed by atoms with Crippen LogP contribution in [0.3, 0.4) is 0 Å². The summed E-state index contributed by atoms with van der Waals surface area (Å²) in [7, 11) is 1.74. The number of rotatable bonds is 6. The summed E-state index contributed by atoms with van der Waals surface area (Å²) < 4.78 is 5.27. The number of nitrogens with two attached hydrogens (primary N) is 2. The highest BCUT2D eigenvalue weighted by atomic mass is 16.6. The molecular weight excluding hydrogens is 368 g/mol. The van der Waals surface area contributed by atoms with Crippen LogP contribution in [-0.4, -0.2) is 36.6 Å². The molecule has 158 valence electrons. The number of nitrogens with one attached hydrogen (secondary N) is 1. The Hall–Kier alpha value is -3.22. The largest absolute Gasteiger partial charge is 0.444 e. The molecule has 7 nitrogen and oxygen atoms in total. The zero-order valence-electron chi connectivity index (χ0n) is 17.6. The molecular formula is C22H32N4O3. The van der Waals surface area contributed by atoms with E-state index in [2.05, 4.69) is 5.32 Å². The normalized spacial score (nSPS) is 10.3. The van der Waals surface area contributed by atoms with E-state index in [4.69, 9.17) is 16.2 Å². The zero-order chi connectivity index (χ0) is 21.9. The molecule has 0 fully saturated rings. The van der Waals surface area contributed by atoms with Gasteiger partial charge in [0.15, 0.2) is 0 Å². The second-order valence-corrected chi connectivity index (χ2v) is 7.64. The van der Waals surface area contributed by atoms with E-state index in [0.29, 0.717) is 19.5 Å². The van der Waals surface area contributed by atoms with Crippen molar-refractivity contribution in [2.75, 3.05) is 25.1 Å². The molecule has 0 bridgehead atoms. The number of ether oxygens (including phenoxy) is 1. The third-order valence-corrected chi connectivity index (χ3v) is 3.73. The fourth-order valence-corrected chi connectivity index (χ4v) is 2.34. The molecule has 0 spiro atoms. The topological polar surface area (TPSA) is 111 Å². The van der Waals surface area contributed by atoms with Crippen molar-refractivity contribution in [1.82, 2.24) is 10.2 Å². The minimum atomic E-state index is -0.456. The minimum Gasteiger partial charge on any atom is -0.444 e. The lowest BCUT2D eigenvalue weighted by Gasteiger charge is -2.24. The van der Waals surface area contributed by atoms with Gasteiger partial charge in [-0.3, -0.25) is 4.79 Å². The fourth-order valence-electron chi connectivity index (χ4n) is 2.34. The number of anilines is 2. The Morgan fingerprint density at radius 2 is 1.62 bits per heavy atom. The first-order valence-corrected chi connectivity index (χ1v) is 9.40. The van der Waals surface area contributed by atoms with Crippen molar-refractivity contribution in [2.24, 2.45) is 0 Å². The molecule has 2 aromatic rings. The van der Waals surface area contributed by atoms with Crippen LogP contribution in [0.5, 0.6) is 0 Å². The number of hydrogen-bond donors (Lipinski definition) is 3. The van der Waals surface area contributed by atoms with Gasteiger partial charge in [-0.2, -0.15) is 0 Å². The summed E-state index contributed by atoms with van der Waals surface area (Å²) in [6.07, 6.45) is 1.13. The van der Waals surface area contributed by atoms with Gasteiger partial charge < -0.3 is 26.4 Å². The monoisotopic (exact) mass is 400 g/mol. The average Bonchev–Trinajstić information content (AvgIpc) is 2.64. The van der Waals surface area contributed by atoms with Gasteiger partial charge in [-0.1, -0.05) is 24.3 Å². The van der Waals surface area contributed by atoms with E-state index < -0.39 is 5.60 Å². The Kier molecular flexibility index (Phi) is 9.51. The summed E-state index contributed by atoms with van der Waals surface area (Å²) in [6.45, 7) is 6.72. The lowest BCUT2D eigenvalue weighted by atomic mass is 10.1. The number of nitrogens with zero attached hydrogens (tertiary/aromatic N) is 1. The Balaban J connectivity index is 0.000000326. The molecule has 5 N–H and O–H groups in total. The number of carbonyl (C=O) groups excluding carboxylic acids is 2. The molecule has 0 aliphatic heterocycles. The molecule has 0 aliphatic rings. The van der Waals surface area contributed by atoms with Crippen LogP contribution in [-0.2, 0) is 22.5 Å². The molecule has 0 unspecified atom stereocenters. The quantitative estimate of drug-likeness (QED) is 0.509. The Morgan fingerprint density at radius 3 is 2.14 bits per heavy atom. The molecule has 0 aromatic heterocycles. The third-order valence-electron chi connectivity index (χ3n) is 3.73. The van der Waals surface area contributed by atoms with Gasteiger partial charge in [-0.15, -0.1) is 0 Å². The standard InChI is InChI=1S/C14H22N2O2.C8H10N2O/c1-14(2,3)18-13(17)16(4)9-8-11-6-5-7-12(15)10-11;9-8-3-1-2-7(4-8)5-10-6-11/h5-7,10H,8-9,15H2,1-4H3;1-4,6H,5,9H2,(H,10,11). The number of likely N-dealkylation sites (N-methyl/N-ethyl adjacent to an activating group) is 1. The van der Waals surface area contributed by atoms with Gasteiger partial charge >= 0.3 is 6.09 Å². The predicted octanol–water partition coefficient (Wildman–Crippen LogP) is 3.19. The van der Waals surface area contributed by atoms with E-state index in [1.54, 1.807) is 11.9 Å². The second-order valence-electron chi connectivity index (χ2n) is 7.64. The van der Waals surface area contributed by atoms with Crippen LogP contribution in [0.25, 0.3) is 0 Å². The van der Waals surface area contributed by atoms with Crippen LogP contribution in [0.4, 0.5) is 16.2 Å². The van der Waals surface area contributed by atoms with E-state index in [0.717, 1.165) is 28.9 Å². The summed E-state index contributed by atoms with van der Waals surface area (Å²) >= 11 is 0. The Labute approximate surface area is 173 Å². The summed E-state index contributed by atoms with van der Waals surface area (Å²) in [5.74, 6) is 0. The van der Waals surface area contributed by atoms with Gasteiger partial charge in [-0.25, -0.2) is 4.79 Å². The van der Waals surface area contributed by atoms with Crippen molar-refractivity contribution in [3.05, 3.63) is 59.7 Å². The van der Waals surface area contributed by atoms with Crippen molar-refractivity contribution >= 4 is 23.9 Å². The molecule has 2 rings (SSSR count).